The van der Waals surface area contributed by atoms with Crippen molar-refractivity contribution in [3.05, 3.63) is 11.6 Å². The Morgan fingerprint density at radius 1 is 1.56 bits per heavy atom. The molecule has 0 saturated carbocycles. The number of ether oxygens (including phenoxy) is 1. The van der Waals surface area contributed by atoms with Crippen molar-refractivity contribution in [1.82, 2.24) is 5.32 Å². The smallest absolute Gasteiger partial charge is 0.0476 e. The Morgan fingerprint density at radius 3 is 2.94 bits per heavy atom. The van der Waals surface area contributed by atoms with Crippen LogP contribution in [0.25, 0.3) is 0 Å². The number of allylic oxidation sites excluding steroid dienone is 2. The molecule has 0 aromatic heterocycles. The minimum atomic E-state index is 0.571. The molecular weight excluding hydrogens is 198 g/mol. The molecule has 0 amide bonds. The van der Waals surface area contributed by atoms with Gasteiger partial charge in [-0.3, -0.25) is 0 Å². The third kappa shape index (κ3) is 5.13. The zero-order chi connectivity index (χ0) is 12.0. The zero-order valence-corrected chi connectivity index (χ0v) is 11.3. The lowest BCUT2D eigenvalue weighted by Gasteiger charge is -2.27. The van der Waals surface area contributed by atoms with Gasteiger partial charge in [0.15, 0.2) is 0 Å². The monoisotopic (exact) mass is 225 g/mol. The summed E-state index contributed by atoms with van der Waals surface area (Å²) in [6.45, 7) is 8.84. The first-order chi connectivity index (χ1) is 7.61. The summed E-state index contributed by atoms with van der Waals surface area (Å²) in [5, 5.41) is 3.62. The van der Waals surface area contributed by atoms with Crippen LogP contribution in [0, 0.1) is 11.8 Å². The fourth-order valence-corrected chi connectivity index (χ4v) is 2.61. The normalized spacial score (nSPS) is 27.6. The largest absolute Gasteiger partial charge is 0.385 e. The SMILES string of the molecule is COCCC(C)NCC1CC(C)=CC(C)C1. The van der Waals surface area contributed by atoms with Crippen molar-refractivity contribution in [2.75, 3.05) is 20.3 Å². The van der Waals surface area contributed by atoms with Crippen LogP contribution in [0.15, 0.2) is 11.6 Å². The summed E-state index contributed by atoms with van der Waals surface area (Å²) in [5.74, 6) is 1.58. The number of hydrogen-bond acceptors (Lipinski definition) is 2. The van der Waals surface area contributed by atoms with Gasteiger partial charge >= 0.3 is 0 Å². The van der Waals surface area contributed by atoms with Crippen molar-refractivity contribution < 1.29 is 4.74 Å². The second-order valence-electron chi connectivity index (χ2n) is 5.39. The fraction of sp³-hybridized carbons (Fsp3) is 0.857. The molecule has 0 fully saturated rings. The molecule has 1 aliphatic carbocycles. The van der Waals surface area contributed by atoms with Gasteiger partial charge in [0, 0.05) is 19.8 Å². The number of nitrogens with one attached hydrogen (secondary N) is 1. The third-order valence-electron chi connectivity index (χ3n) is 3.39. The predicted molar refractivity (Wildman–Crippen MR) is 69.6 cm³/mol. The third-order valence-corrected chi connectivity index (χ3v) is 3.39. The van der Waals surface area contributed by atoms with Crippen LogP contribution in [0.5, 0.6) is 0 Å². The van der Waals surface area contributed by atoms with Crippen LogP contribution in [0.2, 0.25) is 0 Å². The summed E-state index contributed by atoms with van der Waals surface area (Å²) in [7, 11) is 1.77. The molecule has 94 valence electrons. The molecule has 0 saturated heterocycles. The van der Waals surface area contributed by atoms with E-state index in [1.54, 1.807) is 12.7 Å². The van der Waals surface area contributed by atoms with Gasteiger partial charge in [0.25, 0.3) is 0 Å². The summed E-state index contributed by atoms with van der Waals surface area (Å²) in [4.78, 5) is 0. The van der Waals surface area contributed by atoms with Gasteiger partial charge in [-0.25, -0.2) is 0 Å². The van der Waals surface area contributed by atoms with E-state index in [-0.39, 0.29) is 0 Å². The molecule has 2 heteroatoms. The topological polar surface area (TPSA) is 21.3 Å². The minimum absolute atomic E-state index is 0.571. The van der Waals surface area contributed by atoms with E-state index in [1.165, 1.54) is 12.8 Å². The van der Waals surface area contributed by atoms with Gasteiger partial charge in [0.05, 0.1) is 0 Å². The number of hydrogen-bond donors (Lipinski definition) is 1. The van der Waals surface area contributed by atoms with Crippen LogP contribution >= 0.6 is 0 Å². The molecule has 0 aliphatic heterocycles. The maximum atomic E-state index is 5.09. The second kappa shape index (κ2) is 7.08. The lowest BCUT2D eigenvalue weighted by molar-refractivity contribution is 0.183. The van der Waals surface area contributed by atoms with Crippen LogP contribution in [-0.2, 0) is 4.74 Å². The van der Waals surface area contributed by atoms with Gasteiger partial charge in [0.1, 0.15) is 0 Å². The quantitative estimate of drug-likeness (QED) is 0.702. The second-order valence-corrected chi connectivity index (χ2v) is 5.39. The molecule has 1 N–H and O–H groups in total. The Labute approximate surface area is 100 Å². The lowest BCUT2D eigenvalue weighted by Crippen LogP contribution is -2.33. The van der Waals surface area contributed by atoms with Crippen molar-refractivity contribution in [1.29, 1.82) is 0 Å². The highest BCUT2D eigenvalue weighted by Gasteiger charge is 2.18. The standard InChI is InChI=1S/C14H27NO/c1-11-7-12(2)9-14(8-11)10-15-13(3)5-6-16-4/h7,11,13-15H,5-6,8-10H2,1-4H3. The highest BCUT2D eigenvalue weighted by Crippen LogP contribution is 2.27. The highest BCUT2D eigenvalue weighted by atomic mass is 16.5. The van der Waals surface area contributed by atoms with Crippen LogP contribution in [0.1, 0.15) is 40.0 Å². The van der Waals surface area contributed by atoms with Crippen molar-refractivity contribution in [2.45, 2.75) is 46.1 Å². The maximum absolute atomic E-state index is 5.09. The van der Waals surface area contributed by atoms with E-state index in [0.717, 1.165) is 31.4 Å². The van der Waals surface area contributed by atoms with Crippen LogP contribution < -0.4 is 5.32 Å². The molecule has 0 radical (unpaired) electrons. The Kier molecular flexibility index (Phi) is 6.07. The Balaban J connectivity index is 2.20. The summed E-state index contributed by atoms with van der Waals surface area (Å²) in [5.41, 5.74) is 1.56. The summed E-state index contributed by atoms with van der Waals surface area (Å²) in [6.07, 6.45) is 6.13. The molecular formula is C14H27NO. The molecule has 0 aromatic rings. The average molecular weight is 225 g/mol. The molecule has 16 heavy (non-hydrogen) atoms. The summed E-state index contributed by atoms with van der Waals surface area (Å²) >= 11 is 0. The zero-order valence-electron chi connectivity index (χ0n) is 11.3. The molecule has 0 aromatic carbocycles. The maximum Gasteiger partial charge on any atom is 0.0476 e. The van der Waals surface area contributed by atoms with E-state index in [9.17, 15) is 0 Å². The Morgan fingerprint density at radius 2 is 2.31 bits per heavy atom. The van der Waals surface area contributed by atoms with Gasteiger partial charge in [-0.05, 0) is 51.5 Å². The van der Waals surface area contributed by atoms with E-state index in [2.05, 4.69) is 32.2 Å². The molecule has 1 rings (SSSR count). The van der Waals surface area contributed by atoms with E-state index < -0.39 is 0 Å². The molecule has 0 bridgehead atoms. The molecule has 2 nitrogen and oxygen atoms in total. The van der Waals surface area contributed by atoms with Gasteiger partial charge in [0.2, 0.25) is 0 Å². The van der Waals surface area contributed by atoms with Crippen LogP contribution in [0.3, 0.4) is 0 Å². The Hall–Kier alpha value is -0.340. The van der Waals surface area contributed by atoms with Gasteiger partial charge < -0.3 is 10.1 Å². The minimum Gasteiger partial charge on any atom is -0.385 e. The molecule has 3 unspecified atom stereocenters. The fourth-order valence-electron chi connectivity index (χ4n) is 2.61. The number of methoxy groups -OCH3 is 1. The first kappa shape index (κ1) is 13.7. The summed E-state index contributed by atoms with van der Waals surface area (Å²) in [6, 6.07) is 0.571. The van der Waals surface area contributed by atoms with E-state index in [4.69, 9.17) is 4.74 Å². The van der Waals surface area contributed by atoms with Crippen molar-refractivity contribution in [2.24, 2.45) is 11.8 Å². The van der Waals surface area contributed by atoms with Crippen molar-refractivity contribution in [3.63, 3.8) is 0 Å². The van der Waals surface area contributed by atoms with Gasteiger partial charge in [-0.1, -0.05) is 18.6 Å². The average Bonchev–Trinajstić information content (AvgIpc) is 2.22. The molecule has 0 heterocycles. The first-order valence-electron chi connectivity index (χ1n) is 6.51. The van der Waals surface area contributed by atoms with E-state index >= 15 is 0 Å². The Bertz CT molecular complexity index is 225. The summed E-state index contributed by atoms with van der Waals surface area (Å²) < 4.78 is 5.09. The van der Waals surface area contributed by atoms with E-state index in [1.807, 2.05) is 0 Å². The van der Waals surface area contributed by atoms with Crippen molar-refractivity contribution in [3.8, 4) is 0 Å². The molecule has 0 spiro atoms. The predicted octanol–water partition coefficient (Wildman–Crippen LogP) is 2.99. The first-order valence-corrected chi connectivity index (χ1v) is 6.51. The van der Waals surface area contributed by atoms with Crippen LogP contribution in [0.4, 0.5) is 0 Å². The number of rotatable bonds is 6. The van der Waals surface area contributed by atoms with Gasteiger partial charge in [-0.15, -0.1) is 0 Å². The highest BCUT2D eigenvalue weighted by molar-refractivity contribution is 5.06. The molecule has 3 atom stereocenters. The lowest BCUT2D eigenvalue weighted by atomic mass is 9.83. The van der Waals surface area contributed by atoms with Crippen molar-refractivity contribution >= 4 is 0 Å². The van der Waals surface area contributed by atoms with Gasteiger partial charge in [-0.2, -0.15) is 0 Å². The van der Waals surface area contributed by atoms with E-state index in [0.29, 0.717) is 6.04 Å². The molecule has 1 aliphatic rings. The van der Waals surface area contributed by atoms with Crippen LogP contribution in [-0.4, -0.2) is 26.3 Å².